The summed E-state index contributed by atoms with van der Waals surface area (Å²) in [5.74, 6) is 0. The van der Waals surface area contributed by atoms with Crippen LogP contribution in [0.2, 0.25) is 0 Å². The number of ether oxygens (including phenoxy) is 2. The van der Waals surface area contributed by atoms with E-state index in [9.17, 15) is 0 Å². The highest BCUT2D eigenvalue weighted by Crippen LogP contribution is 2.33. The fraction of sp³-hybridized carbons (Fsp3) is 0.733. The van der Waals surface area contributed by atoms with Crippen LogP contribution >= 0.6 is 11.3 Å². The molecule has 1 N–H and O–H groups in total. The van der Waals surface area contributed by atoms with Crippen molar-refractivity contribution >= 4 is 11.3 Å². The first kappa shape index (κ1) is 15.0. The molecule has 0 amide bonds. The van der Waals surface area contributed by atoms with E-state index in [1.54, 1.807) is 7.11 Å². The van der Waals surface area contributed by atoms with Crippen molar-refractivity contribution in [3.05, 3.63) is 22.4 Å². The summed E-state index contributed by atoms with van der Waals surface area (Å²) in [5, 5.41) is 5.69. The van der Waals surface area contributed by atoms with Gasteiger partial charge in [-0.25, -0.2) is 0 Å². The number of hydrogen-bond donors (Lipinski definition) is 1. The Morgan fingerprint density at radius 3 is 3.16 bits per heavy atom. The van der Waals surface area contributed by atoms with Crippen molar-refractivity contribution in [1.82, 2.24) is 5.32 Å². The molecule has 0 saturated carbocycles. The molecular weight excluding hydrogens is 258 g/mol. The lowest BCUT2D eigenvalue weighted by molar-refractivity contribution is -0.0122. The first-order chi connectivity index (χ1) is 9.35. The number of aryl methyl sites for hydroxylation is 1. The molecule has 3 nitrogen and oxygen atoms in total. The Kier molecular flexibility index (Phi) is 6.31. The van der Waals surface area contributed by atoms with Crippen LogP contribution in [0.15, 0.2) is 17.5 Å². The normalized spacial score (nSPS) is 23.6. The molecule has 2 heterocycles. The first-order valence-electron chi connectivity index (χ1n) is 7.14. The Balaban J connectivity index is 1.82. The number of hydrogen-bond acceptors (Lipinski definition) is 4. The fourth-order valence-electron chi connectivity index (χ4n) is 2.71. The largest absolute Gasteiger partial charge is 0.383 e. The molecule has 2 rings (SSSR count). The molecule has 1 aliphatic heterocycles. The van der Waals surface area contributed by atoms with Crippen molar-refractivity contribution in [3.63, 3.8) is 0 Å². The molecule has 0 aliphatic carbocycles. The van der Waals surface area contributed by atoms with Crippen molar-refractivity contribution in [3.8, 4) is 0 Å². The van der Waals surface area contributed by atoms with Gasteiger partial charge in [0.25, 0.3) is 0 Å². The van der Waals surface area contributed by atoms with Gasteiger partial charge in [0.05, 0.1) is 13.2 Å². The average Bonchev–Trinajstić information content (AvgIpc) is 2.96. The number of methoxy groups -OCH3 is 1. The van der Waals surface area contributed by atoms with Gasteiger partial charge in [0.2, 0.25) is 0 Å². The number of rotatable bonds is 8. The lowest BCUT2D eigenvalue weighted by Crippen LogP contribution is -2.42. The summed E-state index contributed by atoms with van der Waals surface area (Å²) in [7, 11) is 1.75. The Morgan fingerprint density at radius 2 is 2.47 bits per heavy atom. The van der Waals surface area contributed by atoms with Crippen LogP contribution in [0.5, 0.6) is 0 Å². The second-order valence-electron chi connectivity index (χ2n) is 5.41. The van der Waals surface area contributed by atoms with Gasteiger partial charge >= 0.3 is 0 Å². The minimum Gasteiger partial charge on any atom is -0.383 e. The molecular formula is C15H25NO2S. The average molecular weight is 283 g/mol. The van der Waals surface area contributed by atoms with E-state index >= 15 is 0 Å². The van der Waals surface area contributed by atoms with E-state index in [-0.39, 0.29) is 0 Å². The van der Waals surface area contributed by atoms with Crippen LogP contribution in [0.4, 0.5) is 0 Å². The van der Waals surface area contributed by atoms with Crippen molar-refractivity contribution in [2.24, 2.45) is 5.41 Å². The van der Waals surface area contributed by atoms with E-state index in [0.29, 0.717) is 5.41 Å². The maximum atomic E-state index is 5.74. The van der Waals surface area contributed by atoms with E-state index in [1.165, 1.54) is 30.6 Å². The van der Waals surface area contributed by atoms with Gasteiger partial charge in [0.1, 0.15) is 0 Å². The van der Waals surface area contributed by atoms with Crippen molar-refractivity contribution in [2.45, 2.75) is 25.7 Å². The van der Waals surface area contributed by atoms with Crippen molar-refractivity contribution in [2.75, 3.05) is 40.0 Å². The molecule has 1 aromatic heterocycles. The van der Waals surface area contributed by atoms with E-state index in [2.05, 4.69) is 22.8 Å². The van der Waals surface area contributed by atoms with E-state index in [0.717, 1.165) is 32.9 Å². The van der Waals surface area contributed by atoms with Gasteiger partial charge in [-0.05, 0) is 37.1 Å². The summed E-state index contributed by atoms with van der Waals surface area (Å²) in [6, 6.07) is 4.38. The number of nitrogens with one attached hydrogen (secondary N) is 1. The molecule has 1 unspecified atom stereocenters. The molecule has 4 heteroatoms. The van der Waals surface area contributed by atoms with Gasteiger partial charge in [-0.3, -0.25) is 0 Å². The number of thiophene rings is 1. The molecule has 1 aliphatic rings. The monoisotopic (exact) mass is 283 g/mol. The fourth-order valence-corrected chi connectivity index (χ4v) is 3.42. The summed E-state index contributed by atoms with van der Waals surface area (Å²) >= 11 is 1.86. The summed E-state index contributed by atoms with van der Waals surface area (Å²) in [6.07, 6.45) is 4.86. The topological polar surface area (TPSA) is 30.5 Å². The standard InChI is InChI=1S/C15H25NO2S/c1-17-10-8-16-12-15(6-3-9-18-13-15)7-5-14-4-2-11-19-14/h2,4,11,16H,3,5-10,12-13H2,1H3. The van der Waals surface area contributed by atoms with Gasteiger partial charge in [-0.2, -0.15) is 0 Å². The van der Waals surface area contributed by atoms with Crippen molar-refractivity contribution in [1.29, 1.82) is 0 Å². The van der Waals surface area contributed by atoms with E-state index in [1.807, 2.05) is 11.3 Å². The maximum Gasteiger partial charge on any atom is 0.0587 e. The zero-order valence-electron chi connectivity index (χ0n) is 11.8. The molecule has 1 fully saturated rings. The predicted octanol–water partition coefficient (Wildman–Crippen LogP) is 2.71. The zero-order chi connectivity index (χ0) is 13.4. The molecule has 1 saturated heterocycles. The van der Waals surface area contributed by atoms with Gasteiger partial charge in [-0.15, -0.1) is 11.3 Å². The van der Waals surface area contributed by atoms with E-state index in [4.69, 9.17) is 9.47 Å². The second-order valence-corrected chi connectivity index (χ2v) is 6.44. The second kappa shape index (κ2) is 8.00. The maximum absolute atomic E-state index is 5.74. The SMILES string of the molecule is COCCNCC1(CCc2cccs2)CCCOC1. The van der Waals surface area contributed by atoms with Gasteiger partial charge in [-0.1, -0.05) is 6.07 Å². The van der Waals surface area contributed by atoms with Crippen molar-refractivity contribution < 1.29 is 9.47 Å². The Bertz CT molecular complexity index is 334. The predicted molar refractivity (Wildman–Crippen MR) is 79.9 cm³/mol. The quantitative estimate of drug-likeness (QED) is 0.744. The molecule has 0 bridgehead atoms. The zero-order valence-corrected chi connectivity index (χ0v) is 12.6. The Morgan fingerprint density at radius 1 is 1.53 bits per heavy atom. The van der Waals surface area contributed by atoms with Gasteiger partial charge in [0, 0.05) is 37.1 Å². The minimum absolute atomic E-state index is 0.315. The molecule has 19 heavy (non-hydrogen) atoms. The van der Waals surface area contributed by atoms with Crippen LogP contribution in [-0.4, -0.2) is 40.0 Å². The van der Waals surface area contributed by atoms with Crippen LogP contribution in [0.1, 0.15) is 24.1 Å². The summed E-state index contributed by atoms with van der Waals surface area (Å²) in [6.45, 7) is 4.58. The van der Waals surface area contributed by atoms with Crippen LogP contribution in [-0.2, 0) is 15.9 Å². The summed E-state index contributed by atoms with van der Waals surface area (Å²) in [4.78, 5) is 1.49. The third-order valence-electron chi connectivity index (χ3n) is 3.87. The first-order valence-corrected chi connectivity index (χ1v) is 8.02. The summed E-state index contributed by atoms with van der Waals surface area (Å²) < 4.78 is 10.8. The van der Waals surface area contributed by atoms with Gasteiger partial charge in [0.15, 0.2) is 0 Å². The van der Waals surface area contributed by atoms with Crippen LogP contribution < -0.4 is 5.32 Å². The van der Waals surface area contributed by atoms with Crippen LogP contribution in [0.3, 0.4) is 0 Å². The molecule has 0 aromatic carbocycles. The molecule has 1 atom stereocenters. The lowest BCUT2D eigenvalue weighted by Gasteiger charge is -2.37. The highest BCUT2D eigenvalue weighted by Gasteiger charge is 2.32. The van der Waals surface area contributed by atoms with Gasteiger partial charge < -0.3 is 14.8 Å². The van der Waals surface area contributed by atoms with E-state index < -0.39 is 0 Å². The molecule has 1 aromatic rings. The smallest absolute Gasteiger partial charge is 0.0587 e. The Hall–Kier alpha value is -0.420. The third-order valence-corrected chi connectivity index (χ3v) is 4.80. The van der Waals surface area contributed by atoms with Crippen LogP contribution in [0.25, 0.3) is 0 Å². The highest BCUT2D eigenvalue weighted by atomic mass is 32.1. The van der Waals surface area contributed by atoms with Crippen LogP contribution in [0, 0.1) is 5.41 Å². The summed E-state index contributed by atoms with van der Waals surface area (Å²) in [5.41, 5.74) is 0.315. The lowest BCUT2D eigenvalue weighted by atomic mass is 9.78. The minimum atomic E-state index is 0.315. The third kappa shape index (κ3) is 4.88. The molecule has 108 valence electrons. The Labute approximate surface area is 120 Å². The highest BCUT2D eigenvalue weighted by molar-refractivity contribution is 7.09. The molecule has 0 radical (unpaired) electrons. The molecule has 0 spiro atoms.